The Morgan fingerprint density at radius 2 is 2.55 bits per heavy atom. The molecule has 0 spiro atoms. The normalized spacial score (nSPS) is 9.55. The standard InChI is InChI=1S/C9H12NO/c1-11-8-7-10-9-5-3-2-4-6-9/h2-3,5-6,10H,7-8H2,1H3. The number of anilines is 1. The molecule has 0 aliphatic rings. The van der Waals surface area contributed by atoms with Crippen molar-refractivity contribution in [3.63, 3.8) is 0 Å². The first-order valence-electron chi connectivity index (χ1n) is 3.62. The van der Waals surface area contributed by atoms with E-state index in [1.54, 1.807) is 7.11 Å². The molecule has 0 amide bonds. The van der Waals surface area contributed by atoms with Crippen molar-refractivity contribution >= 4 is 5.69 Å². The lowest BCUT2D eigenvalue weighted by molar-refractivity contribution is 0.211. The molecule has 0 aromatic heterocycles. The summed E-state index contributed by atoms with van der Waals surface area (Å²) in [6.45, 7) is 1.57. The minimum Gasteiger partial charge on any atom is -0.383 e. The van der Waals surface area contributed by atoms with E-state index in [0.717, 1.165) is 18.8 Å². The highest BCUT2D eigenvalue weighted by Gasteiger charge is 1.86. The second-order valence-corrected chi connectivity index (χ2v) is 2.21. The van der Waals surface area contributed by atoms with Crippen LogP contribution in [-0.4, -0.2) is 20.3 Å². The summed E-state index contributed by atoms with van der Waals surface area (Å²) >= 11 is 0. The molecule has 0 heterocycles. The summed E-state index contributed by atoms with van der Waals surface area (Å²) < 4.78 is 4.89. The number of benzene rings is 1. The van der Waals surface area contributed by atoms with Crippen molar-refractivity contribution in [2.24, 2.45) is 0 Å². The van der Waals surface area contributed by atoms with Crippen LogP contribution in [0.5, 0.6) is 0 Å². The third-order valence-corrected chi connectivity index (χ3v) is 1.34. The minimum absolute atomic E-state index is 0.731. The van der Waals surface area contributed by atoms with Crippen LogP contribution < -0.4 is 5.32 Å². The molecule has 1 aromatic carbocycles. The molecule has 0 bridgehead atoms. The molecule has 0 aliphatic carbocycles. The lowest BCUT2D eigenvalue weighted by atomic mass is 10.3. The average Bonchev–Trinajstić information content (AvgIpc) is 2.07. The molecule has 1 aromatic rings. The van der Waals surface area contributed by atoms with Crippen LogP contribution >= 0.6 is 0 Å². The predicted molar refractivity (Wildman–Crippen MR) is 45.6 cm³/mol. The van der Waals surface area contributed by atoms with Crippen molar-refractivity contribution in [2.75, 3.05) is 25.6 Å². The zero-order valence-electron chi connectivity index (χ0n) is 6.63. The van der Waals surface area contributed by atoms with E-state index in [-0.39, 0.29) is 0 Å². The highest BCUT2D eigenvalue weighted by molar-refractivity contribution is 5.41. The maximum Gasteiger partial charge on any atom is 0.0635 e. The molecule has 2 heteroatoms. The zero-order valence-corrected chi connectivity index (χ0v) is 6.63. The summed E-state index contributed by atoms with van der Waals surface area (Å²) in [5, 5.41) is 3.19. The van der Waals surface area contributed by atoms with Crippen molar-refractivity contribution in [3.8, 4) is 0 Å². The molecule has 59 valence electrons. The molecule has 0 fully saturated rings. The van der Waals surface area contributed by atoms with Crippen molar-refractivity contribution in [3.05, 3.63) is 30.3 Å². The van der Waals surface area contributed by atoms with E-state index in [1.807, 2.05) is 24.3 Å². The third-order valence-electron chi connectivity index (χ3n) is 1.34. The Morgan fingerprint density at radius 1 is 1.64 bits per heavy atom. The Morgan fingerprint density at radius 3 is 3.18 bits per heavy atom. The SMILES string of the molecule is COCCNc1c[c]ccc1. The van der Waals surface area contributed by atoms with Gasteiger partial charge in [-0.25, -0.2) is 0 Å². The van der Waals surface area contributed by atoms with Gasteiger partial charge in [0, 0.05) is 19.3 Å². The first kappa shape index (κ1) is 8.08. The lowest BCUT2D eigenvalue weighted by Crippen LogP contribution is -2.06. The van der Waals surface area contributed by atoms with Gasteiger partial charge in [0.1, 0.15) is 0 Å². The van der Waals surface area contributed by atoms with Gasteiger partial charge in [-0.2, -0.15) is 0 Å². The number of rotatable bonds is 4. The van der Waals surface area contributed by atoms with Gasteiger partial charge in [0.2, 0.25) is 0 Å². The van der Waals surface area contributed by atoms with E-state index in [0.29, 0.717) is 0 Å². The van der Waals surface area contributed by atoms with E-state index in [4.69, 9.17) is 4.74 Å². The van der Waals surface area contributed by atoms with Gasteiger partial charge in [0.05, 0.1) is 6.61 Å². The molecule has 0 aliphatic heterocycles. The van der Waals surface area contributed by atoms with Crippen molar-refractivity contribution < 1.29 is 4.74 Å². The number of methoxy groups -OCH3 is 1. The molecule has 0 atom stereocenters. The second-order valence-electron chi connectivity index (χ2n) is 2.21. The van der Waals surface area contributed by atoms with Gasteiger partial charge in [-0.05, 0) is 18.2 Å². The third kappa shape index (κ3) is 3.05. The number of nitrogens with one attached hydrogen (secondary N) is 1. The number of ether oxygens (including phenoxy) is 1. The Hall–Kier alpha value is -1.02. The Balaban J connectivity index is 2.28. The number of hydrogen-bond acceptors (Lipinski definition) is 2. The summed E-state index contributed by atoms with van der Waals surface area (Å²) in [6, 6.07) is 10.7. The molecule has 0 saturated carbocycles. The fourth-order valence-corrected chi connectivity index (χ4v) is 0.801. The molecular weight excluding hydrogens is 138 g/mol. The van der Waals surface area contributed by atoms with Crippen molar-refractivity contribution in [2.45, 2.75) is 0 Å². The summed E-state index contributed by atoms with van der Waals surface area (Å²) in [4.78, 5) is 0. The predicted octanol–water partition coefficient (Wildman–Crippen LogP) is 1.55. The van der Waals surface area contributed by atoms with Crippen LogP contribution in [0.1, 0.15) is 0 Å². The smallest absolute Gasteiger partial charge is 0.0635 e. The maximum atomic E-state index is 4.89. The van der Waals surface area contributed by atoms with Crippen LogP contribution in [0.15, 0.2) is 24.3 Å². The molecular formula is C9H12NO. The highest BCUT2D eigenvalue weighted by Crippen LogP contribution is 2.02. The Kier molecular flexibility index (Phi) is 3.48. The summed E-state index contributed by atoms with van der Waals surface area (Å²) in [5.74, 6) is 0. The van der Waals surface area contributed by atoms with Gasteiger partial charge in [-0.1, -0.05) is 12.1 Å². The van der Waals surface area contributed by atoms with E-state index >= 15 is 0 Å². The summed E-state index contributed by atoms with van der Waals surface area (Å²) in [6.07, 6.45) is 0. The van der Waals surface area contributed by atoms with E-state index in [2.05, 4.69) is 11.4 Å². The first-order chi connectivity index (χ1) is 5.43. The van der Waals surface area contributed by atoms with Crippen LogP contribution in [0.25, 0.3) is 0 Å². The molecule has 1 N–H and O–H groups in total. The van der Waals surface area contributed by atoms with Gasteiger partial charge in [-0.3, -0.25) is 0 Å². The Labute approximate surface area is 67.2 Å². The topological polar surface area (TPSA) is 21.3 Å². The molecule has 2 nitrogen and oxygen atoms in total. The second kappa shape index (κ2) is 4.74. The van der Waals surface area contributed by atoms with Crippen LogP contribution in [0.4, 0.5) is 5.69 Å². The average molecular weight is 150 g/mol. The lowest BCUT2D eigenvalue weighted by Gasteiger charge is -2.03. The largest absolute Gasteiger partial charge is 0.383 e. The summed E-state index contributed by atoms with van der Waals surface area (Å²) in [7, 11) is 1.69. The molecule has 11 heavy (non-hydrogen) atoms. The van der Waals surface area contributed by atoms with Crippen LogP contribution in [0.2, 0.25) is 0 Å². The monoisotopic (exact) mass is 150 g/mol. The maximum absolute atomic E-state index is 4.89. The van der Waals surface area contributed by atoms with Crippen LogP contribution in [0, 0.1) is 6.07 Å². The highest BCUT2D eigenvalue weighted by atomic mass is 16.5. The van der Waals surface area contributed by atoms with E-state index in [1.165, 1.54) is 0 Å². The van der Waals surface area contributed by atoms with Crippen molar-refractivity contribution in [1.82, 2.24) is 0 Å². The van der Waals surface area contributed by atoms with Gasteiger partial charge in [-0.15, -0.1) is 0 Å². The fraction of sp³-hybridized carbons (Fsp3) is 0.333. The van der Waals surface area contributed by atoms with Gasteiger partial charge in [0.25, 0.3) is 0 Å². The van der Waals surface area contributed by atoms with E-state index in [9.17, 15) is 0 Å². The zero-order chi connectivity index (χ0) is 7.94. The first-order valence-corrected chi connectivity index (χ1v) is 3.62. The van der Waals surface area contributed by atoms with Gasteiger partial charge in [0.15, 0.2) is 0 Å². The quantitative estimate of drug-likeness (QED) is 0.657. The summed E-state index contributed by atoms with van der Waals surface area (Å²) in [5.41, 5.74) is 1.09. The van der Waals surface area contributed by atoms with E-state index < -0.39 is 0 Å². The Bertz CT molecular complexity index is 186. The minimum atomic E-state index is 0.731. The molecule has 0 unspecified atom stereocenters. The fourth-order valence-electron chi connectivity index (χ4n) is 0.801. The molecule has 1 radical (unpaired) electrons. The number of hydrogen-bond donors (Lipinski definition) is 1. The molecule has 1 rings (SSSR count). The van der Waals surface area contributed by atoms with Crippen LogP contribution in [0.3, 0.4) is 0 Å². The van der Waals surface area contributed by atoms with Gasteiger partial charge < -0.3 is 10.1 Å². The van der Waals surface area contributed by atoms with Crippen molar-refractivity contribution in [1.29, 1.82) is 0 Å². The van der Waals surface area contributed by atoms with Gasteiger partial charge >= 0.3 is 0 Å². The van der Waals surface area contributed by atoms with Crippen LogP contribution in [-0.2, 0) is 4.74 Å². The molecule has 0 saturated heterocycles.